The minimum absolute atomic E-state index is 0.0503. The molecule has 2 saturated heterocycles. The van der Waals surface area contributed by atoms with Crippen LogP contribution in [0.1, 0.15) is 54.7 Å². The second-order valence-corrected chi connectivity index (χ2v) is 12.5. The number of aliphatic hydroxyl groups excluding tert-OH is 2. The van der Waals surface area contributed by atoms with Crippen LogP contribution >= 0.6 is 27.3 Å². The number of ether oxygens (including phenoxy) is 4. The number of benzene rings is 1. The van der Waals surface area contributed by atoms with Gasteiger partial charge >= 0.3 is 5.97 Å². The van der Waals surface area contributed by atoms with Gasteiger partial charge in [0.2, 0.25) is 0 Å². The first-order valence-corrected chi connectivity index (χ1v) is 14.8. The highest BCUT2D eigenvalue weighted by Crippen LogP contribution is 2.51. The summed E-state index contributed by atoms with van der Waals surface area (Å²) in [6.45, 7) is 3.58. The summed E-state index contributed by atoms with van der Waals surface area (Å²) < 4.78 is 24.3. The summed E-state index contributed by atoms with van der Waals surface area (Å²) in [5, 5.41) is 34.6. The minimum atomic E-state index is -1.60. The smallest absolute Gasteiger partial charge is 0.326 e. The molecule has 1 aromatic heterocycles. The number of aliphatic hydroxyl groups is 2. The molecule has 10 nitrogen and oxygen atoms in total. The number of rotatable bonds is 8. The van der Waals surface area contributed by atoms with Gasteiger partial charge in [0.25, 0.3) is 0 Å². The standard InChI is InChI=1S/C27H35BrN2O8S/c1-16-21-23(31)30(27(25(32)33)10-5-11-37-15-27)26(34)29(24(21)39-22(16)28)14-20(38-17-8-12-36-13-9-17)18-6-3-4-7-19(18)35-2/h3-4,6-7,17,20,23,26,31,34H,5,8-15H2,1-2H3,(H,32,33)/t20-,23?,26?,27?/m0/s1. The molecule has 0 saturated carbocycles. The highest BCUT2D eigenvalue weighted by molar-refractivity contribution is 9.11. The van der Waals surface area contributed by atoms with E-state index in [1.165, 1.54) is 16.2 Å². The van der Waals surface area contributed by atoms with Crippen LogP contribution in [-0.4, -0.2) is 84.3 Å². The number of nitrogens with zero attached hydrogens (tertiary/aromatic N) is 2. The summed E-state index contributed by atoms with van der Waals surface area (Å²) >= 11 is 4.99. The molecule has 0 amide bonds. The van der Waals surface area contributed by atoms with Crippen molar-refractivity contribution in [3.8, 4) is 5.75 Å². The Morgan fingerprint density at radius 2 is 1.97 bits per heavy atom. The number of fused-ring (bicyclic) bond motifs is 1. The van der Waals surface area contributed by atoms with Crippen molar-refractivity contribution in [1.29, 1.82) is 0 Å². The summed E-state index contributed by atoms with van der Waals surface area (Å²) in [4.78, 5) is 15.8. The molecule has 3 aliphatic rings. The van der Waals surface area contributed by atoms with Crippen LogP contribution in [0.25, 0.3) is 0 Å². The normalized spacial score (nSPS) is 27.3. The average molecular weight is 628 g/mol. The Hall–Kier alpha value is -1.77. The van der Waals surface area contributed by atoms with Gasteiger partial charge < -0.3 is 39.2 Å². The first-order valence-electron chi connectivity index (χ1n) is 13.2. The average Bonchev–Trinajstić information content (AvgIpc) is 3.25. The van der Waals surface area contributed by atoms with Crippen molar-refractivity contribution in [2.75, 3.05) is 45.0 Å². The molecule has 3 unspecified atom stereocenters. The van der Waals surface area contributed by atoms with Gasteiger partial charge in [-0.05, 0) is 60.2 Å². The number of carboxylic acid groups (broad SMARTS) is 1. The van der Waals surface area contributed by atoms with Gasteiger partial charge in [0, 0.05) is 30.9 Å². The number of hydrogen-bond acceptors (Lipinski definition) is 10. The molecular weight excluding hydrogens is 592 g/mol. The largest absolute Gasteiger partial charge is 0.496 e. The number of carboxylic acids is 1. The van der Waals surface area contributed by atoms with E-state index in [4.69, 9.17) is 18.9 Å². The van der Waals surface area contributed by atoms with Crippen LogP contribution in [0.4, 0.5) is 5.00 Å². The van der Waals surface area contributed by atoms with Crippen molar-refractivity contribution in [2.24, 2.45) is 0 Å². The van der Waals surface area contributed by atoms with Gasteiger partial charge in [-0.1, -0.05) is 18.2 Å². The van der Waals surface area contributed by atoms with Crippen molar-refractivity contribution in [1.82, 2.24) is 4.90 Å². The van der Waals surface area contributed by atoms with Gasteiger partial charge in [0.15, 0.2) is 6.35 Å². The Bertz CT molecular complexity index is 1170. The monoisotopic (exact) mass is 626 g/mol. The van der Waals surface area contributed by atoms with E-state index in [-0.39, 0.29) is 25.7 Å². The van der Waals surface area contributed by atoms with Gasteiger partial charge in [-0.2, -0.15) is 0 Å². The number of anilines is 1. The fourth-order valence-corrected chi connectivity index (χ4v) is 7.55. The predicted molar refractivity (Wildman–Crippen MR) is 148 cm³/mol. The first-order chi connectivity index (χ1) is 18.8. The van der Waals surface area contributed by atoms with Gasteiger partial charge in [-0.3, -0.25) is 4.79 Å². The molecule has 0 aliphatic carbocycles. The van der Waals surface area contributed by atoms with Gasteiger partial charge in [0.1, 0.15) is 28.6 Å². The summed E-state index contributed by atoms with van der Waals surface area (Å²) in [7, 11) is 1.61. The first kappa shape index (κ1) is 28.7. The SMILES string of the molecule is COc1ccccc1[C@H](CN1c2sc(Br)c(C)c2C(O)N(C2(C(=O)O)CCCOC2)C1O)OC1CCOCC1. The molecule has 2 aromatic rings. The molecular formula is C27H35BrN2O8S. The molecule has 3 N–H and O–H groups in total. The summed E-state index contributed by atoms with van der Waals surface area (Å²) in [6, 6.07) is 7.61. The van der Waals surface area contributed by atoms with Crippen molar-refractivity contribution in [2.45, 2.75) is 62.9 Å². The molecule has 12 heteroatoms. The van der Waals surface area contributed by atoms with E-state index < -0.39 is 30.2 Å². The summed E-state index contributed by atoms with van der Waals surface area (Å²) in [5.41, 5.74) is 0.573. The van der Waals surface area contributed by atoms with Crippen LogP contribution in [0.2, 0.25) is 0 Å². The molecule has 39 heavy (non-hydrogen) atoms. The highest BCUT2D eigenvalue weighted by Gasteiger charge is 2.56. The lowest BCUT2D eigenvalue weighted by atomic mass is 9.88. The third-order valence-corrected chi connectivity index (χ3v) is 10.1. The van der Waals surface area contributed by atoms with E-state index in [0.717, 1.165) is 27.8 Å². The Morgan fingerprint density at radius 3 is 2.64 bits per heavy atom. The van der Waals surface area contributed by atoms with Crippen LogP contribution in [0.5, 0.6) is 5.75 Å². The maximum atomic E-state index is 12.7. The lowest BCUT2D eigenvalue weighted by Gasteiger charge is -2.52. The van der Waals surface area contributed by atoms with Crippen molar-refractivity contribution < 1.29 is 39.1 Å². The fourth-order valence-electron chi connectivity index (χ4n) is 5.79. The second-order valence-electron chi connectivity index (χ2n) is 10.2. The van der Waals surface area contributed by atoms with E-state index in [9.17, 15) is 20.1 Å². The van der Waals surface area contributed by atoms with E-state index in [2.05, 4.69) is 15.9 Å². The van der Waals surface area contributed by atoms with Crippen molar-refractivity contribution >= 4 is 38.2 Å². The Balaban J connectivity index is 1.58. The third-order valence-electron chi connectivity index (χ3n) is 7.91. The quantitative estimate of drug-likeness (QED) is 0.399. The maximum absolute atomic E-state index is 12.7. The van der Waals surface area contributed by atoms with Crippen LogP contribution in [0.15, 0.2) is 28.1 Å². The molecule has 2 fully saturated rings. The van der Waals surface area contributed by atoms with E-state index in [1.807, 2.05) is 31.2 Å². The number of carbonyl (C=O) groups is 1. The molecule has 0 radical (unpaired) electrons. The van der Waals surface area contributed by atoms with E-state index >= 15 is 0 Å². The second kappa shape index (κ2) is 12.0. The van der Waals surface area contributed by atoms with Crippen molar-refractivity contribution in [3.63, 3.8) is 0 Å². The summed E-state index contributed by atoms with van der Waals surface area (Å²) in [5.74, 6) is -0.486. The molecule has 0 spiro atoms. The molecule has 4 atom stereocenters. The van der Waals surface area contributed by atoms with E-state index in [0.29, 0.717) is 42.6 Å². The number of para-hydroxylation sites is 1. The number of thiophene rings is 1. The van der Waals surface area contributed by atoms with Crippen LogP contribution < -0.4 is 9.64 Å². The Morgan fingerprint density at radius 1 is 1.23 bits per heavy atom. The van der Waals surface area contributed by atoms with E-state index in [1.54, 1.807) is 12.0 Å². The zero-order valence-electron chi connectivity index (χ0n) is 22.0. The molecule has 3 aliphatic heterocycles. The number of halogens is 1. The van der Waals surface area contributed by atoms with Crippen LogP contribution in [0, 0.1) is 6.92 Å². The lowest BCUT2D eigenvalue weighted by Crippen LogP contribution is -2.68. The van der Waals surface area contributed by atoms with Crippen molar-refractivity contribution in [3.05, 3.63) is 44.7 Å². The minimum Gasteiger partial charge on any atom is -0.496 e. The zero-order chi connectivity index (χ0) is 27.7. The van der Waals surface area contributed by atoms with Gasteiger partial charge in [-0.15, -0.1) is 11.3 Å². The zero-order valence-corrected chi connectivity index (χ0v) is 24.4. The number of aliphatic carboxylic acids is 1. The highest BCUT2D eigenvalue weighted by atomic mass is 79.9. The Kier molecular flexibility index (Phi) is 8.84. The summed E-state index contributed by atoms with van der Waals surface area (Å²) in [6.07, 6.45) is -1.14. The lowest BCUT2D eigenvalue weighted by molar-refractivity contribution is -0.212. The Labute approximate surface area is 240 Å². The van der Waals surface area contributed by atoms with Gasteiger partial charge in [-0.25, -0.2) is 4.90 Å². The molecule has 5 rings (SSSR count). The molecule has 4 heterocycles. The van der Waals surface area contributed by atoms with Crippen LogP contribution in [-0.2, 0) is 19.0 Å². The topological polar surface area (TPSA) is 121 Å². The maximum Gasteiger partial charge on any atom is 0.326 e. The van der Waals surface area contributed by atoms with Crippen LogP contribution in [0.3, 0.4) is 0 Å². The predicted octanol–water partition coefficient (Wildman–Crippen LogP) is 3.79. The fraction of sp³-hybridized carbons (Fsp3) is 0.593. The number of methoxy groups -OCH3 is 1. The van der Waals surface area contributed by atoms with Gasteiger partial charge in [0.05, 0.1) is 30.2 Å². The molecule has 0 bridgehead atoms. The number of hydrogen-bond donors (Lipinski definition) is 3. The molecule has 1 aromatic carbocycles. The molecule has 214 valence electrons. The third kappa shape index (κ3) is 5.33.